The zero-order valence-electron chi connectivity index (χ0n) is 11.2. The molecular formula is C14H16N4O. The van der Waals surface area contributed by atoms with Gasteiger partial charge in [-0.2, -0.15) is 0 Å². The van der Waals surface area contributed by atoms with Crippen molar-refractivity contribution in [2.24, 2.45) is 0 Å². The molecule has 1 amide bonds. The van der Waals surface area contributed by atoms with Gasteiger partial charge < -0.3 is 10.6 Å². The Morgan fingerprint density at radius 3 is 2.63 bits per heavy atom. The number of nitrogens with zero attached hydrogens (tertiary/aromatic N) is 2. The van der Waals surface area contributed by atoms with Crippen LogP contribution >= 0.6 is 0 Å². The van der Waals surface area contributed by atoms with E-state index in [4.69, 9.17) is 0 Å². The minimum Gasteiger partial charge on any atom is -0.387 e. The lowest BCUT2D eigenvalue weighted by atomic mass is 10.2. The third-order valence-electron chi connectivity index (χ3n) is 2.81. The van der Waals surface area contributed by atoms with Crippen LogP contribution in [0.2, 0.25) is 0 Å². The van der Waals surface area contributed by atoms with Crippen LogP contribution in [0.5, 0.6) is 0 Å². The lowest BCUT2D eigenvalue weighted by Crippen LogP contribution is -2.15. The smallest absolute Gasteiger partial charge is 0.259 e. The van der Waals surface area contributed by atoms with Crippen molar-refractivity contribution in [1.82, 2.24) is 9.97 Å². The molecule has 0 saturated carbocycles. The summed E-state index contributed by atoms with van der Waals surface area (Å²) in [7, 11) is 1.77. The standard InChI is InChI=1S/C14H16N4O/c1-9-4-5-12(10(2)17-9)18-14(19)11-8-16-7-6-13(11)15-3/h4-8H,1-3H3,(H,15,16)(H,18,19). The molecule has 0 aliphatic rings. The number of carbonyl (C=O) groups is 1. The zero-order chi connectivity index (χ0) is 13.8. The second kappa shape index (κ2) is 5.48. The van der Waals surface area contributed by atoms with Crippen molar-refractivity contribution in [2.45, 2.75) is 13.8 Å². The van der Waals surface area contributed by atoms with Crippen LogP contribution in [-0.4, -0.2) is 22.9 Å². The molecule has 5 heteroatoms. The van der Waals surface area contributed by atoms with Gasteiger partial charge in [-0.05, 0) is 32.0 Å². The molecule has 0 aliphatic heterocycles. The first kappa shape index (κ1) is 13.0. The molecule has 0 bridgehead atoms. The summed E-state index contributed by atoms with van der Waals surface area (Å²) in [6.45, 7) is 3.78. The highest BCUT2D eigenvalue weighted by Gasteiger charge is 2.12. The van der Waals surface area contributed by atoms with Gasteiger partial charge in [-0.25, -0.2) is 0 Å². The van der Waals surface area contributed by atoms with Crippen molar-refractivity contribution in [3.8, 4) is 0 Å². The maximum absolute atomic E-state index is 12.2. The van der Waals surface area contributed by atoms with Crippen molar-refractivity contribution in [3.63, 3.8) is 0 Å². The predicted octanol–water partition coefficient (Wildman–Crippen LogP) is 2.39. The van der Waals surface area contributed by atoms with Gasteiger partial charge >= 0.3 is 0 Å². The summed E-state index contributed by atoms with van der Waals surface area (Å²) in [5.74, 6) is -0.203. The van der Waals surface area contributed by atoms with Gasteiger partial charge in [0.25, 0.3) is 5.91 Å². The van der Waals surface area contributed by atoms with Crippen LogP contribution in [0.25, 0.3) is 0 Å². The molecule has 5 nitrogen and oxygen atoms in total. The molecule has 0 aliphatic carbocycles. The quantitative estimate of drug-likeness (QED) is 0.884. The summed E-state index contributed by atoms with van der Waals surface area (Å²) in [6.07, 6.45) is 3.18. The number of aromatic nitrogens is 2. The van der Waals surface area contributed by atoms with Gasteiger partial charge in [0.15, 0.2) is 0 Å². The maximum Gasteiger partial charge on any atom is 0.259 e. The number of carbonyl (C=O) groups excluding carboxylic acids is 1. The number of anilines is 2. The average Bonchev–Trinajstić information content (AvgIpc) is 2.41. The zero-order valence-corrected chi connectivity index (χ0v) is 11.2. The largest absolute Gasteiger partial charge is 0.387 e. The third-order valence-corrected chi connectivity index (χ3v) is 2.81. The van der Waals surface area contributed by atoms with E-state index in [1.165, 1.54) is 6.20 Å². The molecule has 2 aromatic heterocycles. The van der Waals surface area contributed by atoms with Crippen LogP contribution in [0.4, 0.5) is 11.4 Å². The second-order valence-corrected chi connectivity index (χ2v) is 4.21. The van der Waals surface area contributed by atoms with Gasteiger partial charge in [0.1, 0.15) is 0 Å². The molecule has 2 heterocycles. The van der Waals surface area contributed by atoms with E-state index in [2.05, 4.69) is 20.6 Å². The summed E-state index contributed by atoms with van der Waals surface area (Å²) in [6, 6.07) is 5.48. The monoisotopic (exact) mass is 256 g/mol. The molecular weight excluding hydrogens is 240 g/mol. The molecule has 0 aromatic carbocycles. The van der Waals surface area contributed by atoms with E-state index in [9.17, 15) is 4.79 Å². The van der Waals surface area contributed by atoms with Crippen LogP contribution in [0, 0.1) is 13.8 Å². The molecule has 98 valence electrons. The van der Waals surface area contributed by atoms with Gasteiger partial charge in [0.2, 0.25) is 0 Å². The van der Waals surface area contributed by atoms with E-state index in [-0.39, 0.29) is 5.91 Å². The Kier molecular flexibility index (Phi) is 3.75. The van der Waals surface area contributed by atoms with E-state index in [0.29, 0.717) is 11.3 Å². The molecule has 0 saturated heterocycles. The number of nitrogens with one attached hydrogen (secondary N) is 2. The van der Waals surface area contributed by atoms with Crippen LogP contribution in [0.15, 0.2) is 30.6 Å². The Morgan fingerprint density at radius 2 is 1.95 bits per heavy atom. The number of hydrogen-bond donors (Lipinski definition) is 2. The highest BCUT2D eigenvalue weighted by molar-refractivity contribution is 6.07. The Hall–Kier alpha value is -2.43. The van der Waals surface area contributed by atoms with Crippen LogP contribution in [-0.2, 0) is 0 Å². The highest BCUT2D eigenvalue weighted by Crippen LogP contribution is 2.17. The summed E-state index contributed by atoms with van der Waals surface area (Å²) in [4.78, 5) is 20.5. The van der Waals surface area contributed by atoms with Gasteiger partial charge in [-0.3, -0.25) is 14.8 Å². The van der Waals surface area contributed by atoms with Crippen LogP contribution in [0.3, 0.4) is 0 Å². The SMILES string of the molecule is CNc1ccncc1C(=O)Nc1ccc(C)nc1C. The normalized spacial score (nSPS) is 10.1. The van der Waals surface area contributed by atoms with Crippen molar-refractivity contribution in [2.75, 3.05) is 17.7 Å². The molecule has 0 fully saturated rings. The van der Waals surface area contributed by atoms with E-state index in [0.717, 1.165) is 17.1 Å². The first-order chi connectivity index (χ1) is 9.11. The fraction of sp³-hybridized carbons (Fsp3) is 0.214. The Bertz CT molecular complexity index is 610. The van der Waals surface area contributed by atoms with E-state index in [1.807, 2.05) is 26.0 Å². The second-order valence-electron chi connectivity index (χ2n) is 4.21. The first-order valence-corrected chi connectivity index (χ1v) is 5.99. The van der Waals surface area contributed by atoms with E-state index >= 15 is 0 Å². The lowest BCUT2D eigenvalue weighted by molar-refractivity contribution is 0.102. The topological polar surface area (TPSA) is 66.9 Å². The van der Waals surface area contributed by atoms with Crippen molar-refractivity contribution >= 4 is 17.3 Å². The van der Waals surface area contributed by atoms with Crippen molar-refractivity contribution in [1.29, 1.82) is 0 Å². The number of aryl methyl sites for hydroxylation is 2. The summed E-state index contributed by atoms with van der Waals surface area (Å²) >= 11 is 0. The maximum atomic E-state index is 12.2. The third kappa shape index (κ3) is 2.88. The van der Waals surface area contributed by atoms with E-state index in [1.54, 1.807) is 19.3 Å². The van der Waals surface area contributed by atoms with Crippen molar-refractivity contribution < 1.29 is 4.79 Å². The molecule has 2 rings (SSSR count). The minimum absolute atomic E-state index is 0.203. The lowest BCUT2D eigenvalue weighted by Gasteiger charge is -2.10. The number of amides is 1. The summed E-state index contributed by atoms with van der Waals surface area (Å²) < 4.78 is 0. The van der Waals surface area contributed by atoms with Gasteiger partial charge in [0.05, 0.1) is 16.9 Å². The number of hydrogen-bond acceptors (Lipinski definition) is 4. The van der Waals surface area contributed by atoms with Gasteiger partial charge in [-0.1, -0.05) is 0 Å². The fourth-order valence-electron chi connectivity index (χ4n) is 1.80. The molecule has 0 spiro atoms. The molecule has 0 atom stereocenters. The van der Waals surface area contributed by atoms with Crippen LogP contribution < -0.4 is 10.6 Å². The number of rotatable bonds is 3. The first-order valence-electron chi connectivity index (χ1n) is 5.99. The summed E-state index contributed by atoms with van der Waals surface area (Å²) in [5.41, 5.74) is 3.67. The number of pyridine rings is 2. The highest BCUT2D eigenvalue weighted by atomic mass is 16.1. The van der Waals surface area contributed by atoms with Crippen molar-refractivity contribution in [3.05, 3.63) is 47.5 Å². The Balaban J connectivity index is 2.26. The molecule has 0 unspecified atom stereocenters. The van der Waals surface area contributed by atoms with Gasteiger partial charge in [-0.15, -0.1) is 0 Å². The summed E-state index contributed by atoms with van der Waals surface area (Å²) in [5, 5.41) is 5.82. The van der Waals surface area contributed by atoms with Gasteiger partial charge in [0, 0.05) is 30.8 Å². The predicted molar refractivity (Wildman–Crippen MR) is 75.4 cm³/mol. The molecule has 2 N–H and O–H groups in total. The molecule has 0 radical (unpaired) electrons. The van der Waals surface area contributed by atoms with E-state index < -0.39 is 0 Å². The minimum atomic E-state index is -0.203. The van der Waals surface area contributed by atoms with Crippen LogP contribution in [0.1, 0.15) is 21.7 Å². The average molecular weight is 256 g/mol. The molecule has 19 heavy (non-hydrogen) atoms. The Labute approximate surface area is 112 Å². The fourth-order valence-corrected chi connectivity index (χ4v) is 1.80. The Morgan fingerprint density at radius 1 is 1.16 bits per heavy atom. The molecule has 2 aromatic rings.